The molecule has 1 saturated heterocycles. The summed E-state index contributed by atoms with van der Waals surface area (Å²) in [4.78, 5) is 12.7. The van der Waals surface area contributed by atoms with Gasteiger partial charge in [-0.1, -0.05) is 0 Å². The number of nitrogens with zero attached hydrogens (tertiary/aromatic N) is 1. The molecule has 86 valence electrons. The first kappa shape index (κ1) is 16.4. The summed E-state index contributed by atoms with van der Waals surface area (Å²) >= 11 is 0. The molecule has 6 heteroatoms. The molecule has 1 unspecified atom stereocenters. The number of hydrogen-bond donors (Lipinski definition) is 2. The normalized spacial score (nSPS) is 23.4. The van der Waals surface area contributed by atoms with Gasteiger partial charge in [-0.05, 0) is 26.9 Å². The molecule has 0 radical (unpaired) electrons. The second-order valence-corrected chi connectivity index (χ2v) is 3.47. The SMILES string of the molecule is C[C@H](NC1CCN(C)C1)C(=O)O.Cl.Cl. The highest BCUT2D eigenvalue weighted by atomic mass is 35.5. The van der Waals surface area contributed by atoms with Gasteiger partial charge in [0, 0.05) is 12.6 Å². The van der Waals surface area contributed by atoms with Crippen molar-refractivity contribution in [1.82, 2.24) is 10.2 Å². The number of carboxylic acid groups (broad SMARTS) is 1. The average molecular weight is 245 g/mol. The topological polar surface area (TPSA) is 52.6 Å². The van der Waals surface area contributed by atoms with Crippen LogP contribution in [-0.4, -0.2) is 48.2 Å². The minimum absolute atomic E-state index is 0. The highest BCUT2D eigenvalue weighted by molar-refractivity contribution is 5.85. The zero-order valence-corrected chi connectivity index (χ0v) is 10.0. The Bertz CT molecular complexity index is 181. The van der Waals surface area contributed by atoms with E-state index in [-0.39, 0.29) is 24.8 Å². The number of likely N-dealkylation sites (N-methyl/N-ethyl adjacent to an activating group) is 1. The van der Waals surface area contributed by atoms with Crippen LogP contribution in [0.1, 0.15) is 13.3 Å². The predicted octanol–water partition coefficient (Wildman–Crippen LogP) is 0.597. The maximum Gasteiger partial charge on any atom is 0.320 e. The van der Waals surface area contributed by atoms with E-state index in [0.29, 0.717) is 6.04 Å². The van der Waals surface area contributed by atoms with Gasteiger partial charge in [0.05, 0.1) is 0 Å². The van der Waals surface area contributed by atoms with E-state index in [1.165, 1.54) is 0 Å². The van der Waals surface area contributed by atoms with Crippen molar-refractivity contribution in [3.05, 3.63) is 0 Å². The van der Waals surface area contributed by atoms with Gasteiger partial charge in [-0.2, -0.15) is 0 Å². The number of carboxylic acids is 1. The molecule has 1 heterocycles. The van der Waals surface area contributed by atoms with Crippen molar-refractivity contribution >= 4 is 30.8 Å². The summed E-state index contributed by atoms with van der Waals surface area (Å²) in [5.41, 5.74) is 0. The molecule has 1 fully saturated rings. The minimum atomic E-state index is -0.774. The number of carbonyl (C=O) groups is 1. The molecule has 0 aliphatic carbocycles. The van der Waals surface area contributed by atoms with Crippen molar-refractivity contribution in [2.75, 3.05) is 20.1 Å². The molecule has 0 aromatic heterocycles. The average Bonchev–Trinajstić information content (AvgIpc) is 2.35. The minimum Gasteiger partial charge on any atom is -0.480 e. The molecule has 1 rings (SSSR count). The highest BCUT2D eigenvalue weighted by Crippen LogP contribution is 2.06. The molecule has 0 aromatic carbocycles. The van der Waals surface area contributed by atoms with Crippen molar-refractivity contribution in [3.8, 4) is 0 Å². The number of likely N-dealkylation sites (tertiary alicyclic amines) is 1. The van der Waals surface area contributed by atoms with Crippen LogP contribution in [0.3, 0.4) is 0 Å². The first-order chi connectivity index (χ1) is 5.59. The van der Waals surface area contributed by atoms with Crippen LogP contribution in [-0.2, 0) is 4.79 Å². The van der Waals surface area contributed by atoms with Crippen LogP contribution >= 0.6 is 24.8 Å². The molecule has 4 nitrogen and oxygen atoms in total. The van der Waals surface area contributed by atoms with Crippen molar-refractivity contribution in [2.24, 2.45) is 0 Å². The van der Waals surface area contributed by atoms with Gasteiger partial charge in [0.25, 0.3) is 0 Å². The molecule has 2 N–H and O–H groups in total. The highest BCUT2D eigenvalue weighted by Gasteiger charge is 2.22. The number of aliphatic carboxylic acids is 1. The second kappa shape index (κ2) is 7.29. The summed E-state index contributed by atoms with van der Waals surface area (Å²) in [5, 5.41) is 11.7. The zero-order chi connectivity index (χ0) is 9.14. The van der Waals surface area contributed by atoms with E-state index in [2.05, 4.69) is 10.2 Å². The summed E-state index contributed by atoms with van der Waals surface area (Å²) in [6, 6.07) is -0.0809. The summed E-state index contributed by atoms with van der Waals surface area (Å²) in [5.74, 6) is -0.774. The molecule has 0 amide bonds. The first-order valence-corrected chi connectivity index (χ1v) is 4.27. The van der Waals surface area contributed by atoms with Gasteiger partial charge >= 0.3 is 5.97 Å². The Labute approximate surface area is 96.9 Å². The lowest BCUT2D eigenvalue weighted by Gasteiger charge is -2.15. The van der Waals surface area contributed by atoms with E-state index < -0.39 is 12.0 Å². The molecule has 0 saturated carbocycles. The van der Waals surface area contributed by atoms with E-state index in [1.54, 1.807) is 6.92 Å². The Morgan fingerprint density at radius 3 is 2.50 bits per heavy atom. The predicted molar refractivity (Wildman–Crippen MR) is 60.6 cm³/mol. The standard InChI is InChI=1S/C8H16N2O2.2ClH/c1-6(8(11)12)9-7-3-4-10(2)5-7;;/h6-7,9H,3-5H2,1-2H3,(H,11,12);2*1H/t6-,7?;;/m0../s1. The molecule has 1 aliphatic rings. The maximum absolute atomic E-state index is 10.5. The van der Waals surface area contributed by atoms with E-state index in [4.69, 9.17) is 5.11 Å². The van der Waals surface area contributed by atoms with E-state index >= 15 is 0 Å². The van der Waals surface area contributed by atoms with Gasteiger partial charge in [-0.3, -0.25) is 4.79 Å². The maximum atomic E-state index is 10.5. The number of rotatable bonds is 3. The van der Waals surface area contributed by atoms with E-state index in [9.17, 15) is 4.79 Å². The lowest BCUT2D eigenvalue weighted by atomic mass is 10.2. The quantitative estimate of drug-likeness (QED) is 0.764. The van der Waals surface area contributed by atoms with Crippen LogP contribution in [0.15, 0.2) is 0 Å². The fourth-order valence-electron chi connectivity index (χ4n) is 1.50. The number of halogens is 2. The summed E-state index contributed by atoms with van der Waals surface area (Å²) in [6.45, 7) is 3.70. The Kier molecular flexibility index (Phi) is 8.54. The fourth-order valence-corrected chi connectivity index (χ4v) is 1.50. The molecule has 0 aromatic rings. The van der Waals surface area contributed by atoms with Crippen molar-refractivity contribution < 1.29 is 9.90 Å². The summed E-state index contributed by atoms with van der Waals surface area (Å²) in [7, 11) is 2.05. The smallest absolute Gasteiger partial charge is 0.320 e. The van der Waals surface area contributed by atoms with Crippen molar-refractivity contribution in [1.29, 1.82) is 0 Å². The van der Waals surface area contributed by atoms with E-state index in [0.717, 1.165) is 19.5 Å². The van der Waals surface area contributed by atoms with Gasteiger partial charge < -0.3 is 15.3 Å². The Morgan fingerprint density at radius 1 is 1.57 bits per heavy atom. The number of nitrogens with one attached hydrogen (secondary N) is 1. The zero-order valence-electron chi connectivity index (χ0n) is 8.40. The molecule has 1 aliphatic heterocycles. The molecular weight excluding hydrogens is 227 g/mol. The summed E-state index contributed by atoms with van der Waals surface area (Å²) in [6.07, 6.45) is 1.05. The first-order valence-electron chi connectivity index (χ1n) is 4.27. The largest absolute Gasteiger partial charge is 0.480 e. The third-order valence-corrected chi connectivity index (χ3v) is 2.25. The van der Waals surface area contributed by atoms with Crippen molar-refractivity contribution in [2.45, 2.75) is 25.4 Å². The van der Waals surface area contributed by atoms with Gasteiger partial charge in [0.2, 0.25) is 0 Å². The van der Waals surface area contributed by atoms with Crippen LogP contribution in [0.4, 0.5) is 0 Å². The van der Waals surface area contributed by atoms with Crippen LogP contribution in [0.2, 0.25) is 0 Å². The Morgan fingerprint density at radius 2 is 2.14 bits per heavy atom. The second-order valence-electron chi connectivity index (χ2n) is 3.47. The van der Waals surface area contributed by atoms with Gasteiger partial charge in [-0.15, -0.1) is 24.8 Å². The summed E-state index contributed by atoms with van der Waals surface area (Å²) < 4.78 is 0. The Hall–Kier alpha value is -0.0300. The Balaban J connectivity index is 0. The van der Waals surface area contributed by atoms with Crippen LogP contribution < -0.4 is 5.32 Å². The van der Waals surface area contributed by atoms with Gasteiger partial charge in [0.15, 0.2) is 0 Å². The molecular formula is C8H18Cl2N2O2. The molecule has 0 bridgehead atoms. The van der Waals surface area contributed by atoms with Crippen LogP contribution in [0, 0.1) is 0 Å². The molecule has 0 spiro atoms. The van der Waals surface area contributed by atoms with Crippen LogP contribution in [0.25, 0.3) is 0 Å². The third-order valence-electron chi connectivity index (χ3n) is 2.25. The lowest BCUT2D eigenvalue weighted by molar-refractivity contribution is -0.139. The van der Waals surface area contributed by atoms with Gasteiger partial charge in [-0.25, -0.2) is 0 Å². The molecule has 2 atom stereocenters. The number of hydrogen-bond acceptors (Lipinski definition) is 3. The monoisotopic (exact) mass is 244 g/mol. The molecule has 14 heavy (non-hydrogen) atoms. The van der Waals surface area contributed by atoms with Gasteiger partial charge in [0.1, 0.15) is 6.04 Å². The third kappa shape index (κ3) is 5.00. The lowest BCUT2D eigenvalue weighted by Crippen LogP contribution is -2.42. The van der Waals surface area contributed by atoms with Crippen LogP contribution in [0.5, 0.6) is 0 Å². The van der Waals surface area contributed by atoms with Crippen molar-refractivity contribution in [3.63, 3.8) is 0 Å². The fraction of sp³-hybridized carbons (Fsp3) is 0.875. The van der Waals surface area contributed by atoms with E-state index in [1.807, 2.05) is 7.05 Å².